The number of halogens is 2. The molecule has 1 fully saturated rings. The van der Waals surface area contributed by atoms with Gasteiger partial charge in [0.25, 0.3) is 11.8 Å². The number of piperazine rings is 1. The maximum Gasteiger partial charge on any atom is 0.257 e. The van der Waals surface area contributed by atoms with Gasteiger partial charge >= 0.3 is 0 Å². The highest BCUT2D eigenvalue weighted by atomic mass is 35.5. The molecule has 12 heteroatoms. The fraction of sp³-hybridized carbons (Fsp3) is 0.300. The van der Waals surface area contributed by atoms with E-state index in [0.717, 1.165) is 37.4 Å². The number of benzene rings is 3. The Morgan fingerprint density at radius 3 is 2.38 bits per heavy atom. The Morgan fingerprint density at radius 1 is 1.02 bits per heavy atom. The summed E-state index contributed by atoms with van der Waals surface area (Å²) in [5, 5.41) is 14.1. The van der Waals surface area contributed by atoms with E-state index in [1.165, 1.54) is 13.0 Å². The van der Waals surface area contributed by atoms with Gasteiger partial charge in [-0.2, -0.15) is 0 Å². The lowest BCUT2D eigenvalue weighted by Crippen LogP contribution is -2.44. The summed E-state index contributed by atoms with van der Waals surface area (Å²) in [6.45, 7) is 5.44. The van der Waals surface area contributed by atoms with Gasteiger partial charge in [-0.15, -0.1) is 0 Å². The van der Waals surface area contributed by atoms with E-state index < -0.39 is 23.5 Å². The number of nitrogens with zero attached hydrogens (tertiary/aromatic N) is 2. The van der Waals surface area contributed by atoms with Gasteiger partial charge in [0.1, 0.15) is 0 Å². The minimum absolute atomic E-state index is 0.00134. The molecule has 0 unspecified atom stereocenters. The first-order valence-electron chi connectivity index (χ1n) is 13.5. The van der Waals surface area contributed by atoms with Crippen LogP contribution in [0.5, 0.6) is 0 Å². The van der Waals surface area contributed by atoms with Gasteiger partial charge in [-0.05, 0) is 56.3 Å². The minimum Gasteiger partial charge on any atom is -0.396 e. The van der Waals surface area contributed by atoms with Gasteiger partial charge in [0.15, 0.2) is 5.82 Å². The van der Waals surface area contributed by atoms with E-state index in [1.54, 1.807) is 23.7 Å². The van der Waals surface area contributed by atoms with Gasteiger partial charge in [-0.1, -0.05) is 29.8 Å². The predicted octanol–water partition coefficient (Wildman–Crippen LogP) is 4.06. The Labute approximate surface area is 248 Å². The van der Waals surface area contributed by atoms with E-state index in [9.17, 15) is 18.8 Å². The largest absolute Gasteiger partial charge is 0.396 e. The Bertz CT molecular complexity index is 1480. The van der Waals surface area contributed by atoms with Crippen LogP contribution >= 0.6 is 11.6 Å². The molecule has 0 saturated carbocycles. The van der Waals surface area contributed by atoms with Crippen molar-refractivity contribution in [1.29, 1.82) is 0 Å². The van der Waals surface area contributed by atoms with E-state index in [4.69, 9.17) is 22.5 Å². The number of nitrogens with one attached hydrogen (secondary N) is 3. The molecule has 10 nitrogen and oxygen atoms in total. The van der Waals surface area contributed by atoms with Crippen molar-refractivity contribution in [1.82, 2.24) is 15.7 Å². The van der Waals surface area contributed by atoms with Crippen LogP contribution in [-0.4, -0.2) is 67.6 Å². The molecule has 4 rings (SSSR count). The maximum absolute atomic E-state index is 14.2. The molecule has 3 amide bonds. The number of anilines is 3. The Hall–Kier alpha value is -4.19. The van der Waals surface area contributed by atoms with Gasteiger partial charge in [-0.3, -0.25) is 19.6 Å². The fourth-order valence-electron chi connectivity index (χ4n) is 4.72. The molecular formula is C30H34ClFN6O4. The van der Waals surface area contributed by atoms with Gasteiger partial charge < -0.3 is 26.2 Å². The highest BCUT2D eigenvalue weighted by Gasteiger charge is 2.21. The fourth-order valence-corrected chi connectivity index (χ4v) is 4.94. The lowest BCUT2D eigenvalue weighted by molar-refractivity contribution is -0.129. The van der Waals surface area contributed by atoms with Crippen LogP contribution in [0.25, 0.3) is 11.1 Å². The summed E-state index contributed by atoms with van der Waals surface area (Å²) in [5.41, 5.74) is 10.3. The predicted molar refractivity (Wildman–Crippen MR) is 162 cm³/mol. The van der Waals surface area contributed by atoms with Gasteiger partial charge in [0.2, 0.25) is 5.91 Å². The number of carbonyl (C=O) groups excluding carboxylic acids is 3. The molecule has 1 saturated heterocycles. The van der Waals surface area contributed by atoms with Crippen LogP contribution in [0.2, 0.25) is 5.02 Å². The second-order valence-corrected chi connectivity index (χ2v) is 10.6. The SMILES string of the molecule is Cc1c(F)c(N)cc(C(=O)Nc2cc(C(=O)NCCCC(=O)NO)ccc2-c2ccc(N3CCN(C)CC3)cc2)c1Cl. The zero-order valence-electron chi connectivity index (χ0n) is 23.5. The second kappa shape index (κ2) is 13.6. The van der Waals surface area contributed by atoms with E-state index in [1.807, 2.05) is 24.3 Å². The third kappa shape index (κ3) is 7.17. The molecule has 0 radical (unpaired) electrons. The molecule has 0 spiro atoms. The van der Waals surface area contributed by atoms with Crippen LogP contribution in [0.3, 0.4) is 0 Å². The number of carbonyl (C=O) groups is 3. The lowest BCUT2D eigenvalue weighted by atomic mass is 10.00. The topological polar surface area (TPSA) is 140 Å². The summed E-state index contributed by atoms with van der Waals surface area (Å²) in [5.74, 6) is -2.26. The number of likely N-dealkylation sites (N-methyl/N-ethyl adjacent to an activating group) is 1. The first-order chi connectivity index (χ1) is 20.1. The van der Waals surface area contributed by atoms with E-state index >= 15 is 0 Å². The van der Waals surface area contributed by atoms with E-state index in [0.29, 0.717) is 17.7 Å². The number of nitrogens with two attached hydrogens (primary N) is 1. The summed E-state index contributed by atoms with van der Waals surface area (Å²) in [6, 6.07) is 14.1. The molecular weight excluding hydrogens is 563 g/mol. The molecule has 42 heavy (non-hydrogen) atoms. The average Bonchev–Trinajstić information content (AvgIpc) is 3.00. The molecule has 3 aromatic rings. The highest BCUT2D eigenvalue weighted by Crippen LogP contribution is 2.33. The van der Waals surface area contributed by atoms with E-state index in [2.05, 4.69) is 27.5 Å². The Kier molecular flexibility index (Phi) is 10.00. The zero-order chi connectivity index (χ0) is 30.4. The van der Waals surface area contributed by atoms with Crippen LogP contribution in [-0.2, 0) is 4.79 Å². The Balaban J connectivity index is 1.62. The standard InChI is InChI=1S/C30H34ClFN6O4/c1-18-27(31)23(17-24(33)28(18)32)30(41)35-25-16-20(29(40)34-11-3-4-26(39)36-42)7-10-22(25)19-5-8-21(9-6-19)38-14-12-37(2)13-15-38/h5-10,16-17,42H,3-4,11-15,33H2,1-2H3,(H,34,40)(H,35,41)(H,36,39). The molecule has 0 atom stereocenters. The van der Waals surface area contributed by atoms with Crippen molar-refractivity contribution in [2.24, 2.45) is 0 Å². The van der Waals surface area contributed by atoms with Crippen LogP contribution in [0.15, 0.2) is 48.5 Å². The summed E-state index contributed by atoms with van der Waals surface area (Å²) < 4.78 is 14.2. The van der Waals surface area contributed by atoms with Gasteiger partial charge in [-0.25, -0.2) is 9.87 Å². The quantitative estimate of drug-likeness (QED) is 0.109. The third-order valence-corrected chi connectivity index (χ3v) is 7.75. The van der Waals surface area contributed by atoms with Crippen molar-refractivity contribution >= 4 is 46.4 Å². The van der Waals surface area contributed by atoms with Crippen LogP contribution in [0, 0.1) is 12.7 Å². The molecule has 3 aromatic carbocycles. The second-order valence-electron chi connectivity index (χ2n) is 10.2. The van der Waals surface area contributed by atoms with Crippen molar-refractivity contribution in [3.63, 3.8) is 0 Å². The maximum atomic E-state index is 14.2. The molecule has 0 bridgehead atoms. The number of amides is 3. The molecule has 1 heterocycles. The molecule has 1 aliphatic rings. The lowest BCUT2D eigenvalue weighted by Gasteiger charge is -2.34. The van der Waals surface area contributed by atoms with Crippen molar-refractivity contribution in [2.75, 3.05) is 55.7 Å². The molecule has 0 aliphatic carbocycles. The zero-order valence-corrected chi connectivity index (χ0v) is 24.2. The van der Waals surface area contributed by atoms with E-state index in [-0.39, 0.29) is 40.4 Å². The molecule has 222 valence electrons. The minimum atomic E-state index is -0.687. The molecule has 6 N–H and O–H groups in total. The third-order valence-electron chi connectivity index (χ3n) is 7.26. The summed E-state index contributed by atoms with van der Waals surface area (Å²) >= 11 is 6.30. The van der Waals surface area contributed by atoms with Crippen molar-refractivity contribution in [3.05, 3.63) is 76.1 Å². The van der Waals surface area contributed by atoms with Gasteiger partial charge in [0, 0.05) is 67.2 Å². The monoisotopic (exact) mass is 596 g/mol. The van der Waals surface area contributed by atoms with Crippen LogP contribution < -0.4 is 26.7 Å². The molecule has 0 aromatic heterocycles. The number of hydrogen-bond acceptors (Lipinski definition) is 7. The first-order valence-corrected chi connectivity index (χ1v) is 13.9. The summed E-state index contributed by atoms with van der Waals surface area (Å²) in [6.07, 6.45) is 0.366. The smallest absolute Gasteiger partial charge is 0.257 e. The summed E-state index contributed by atoms with van der Waals surface area (Å²) in [4.78, 5) is 42.1. The molecule has 1 aliphatic heterocycles. The summed E-state index contributed by atoms with van der Waals surface area (Å²) in [7, 11) is 2.10. The normalized spacial score (nSPS) is 13.5. The number of nitrogen functional groups attached to an aromatic ring is 1. The number of hydrogen-bond donors (Lipinski definition) is 5. The number of hydroxylamine groups is 1. The van der Waals surface area contributed by atoms with Crippen molar-refractivity contribution < 1.29 is 24.0 Å². The highest BCUT2D eigenvalue weighted by molar-refractivity contribution is 6.35. The number of rotatable bonds is 9. The average molecular weight is 597 g/mol. The Morgan fingerprint density at radius 2 is 1.71 bits per heavy atom. The van der Waals surface area contributed by atoms with Crippen LogP contribution in [0.1, 0.15) is 39.1 Å². The van der Waals surface area contributed by atoms with Crippen molar-refractivity contribution in [2.45, 2.75) is 19.8 Å². The first kappa shape index (κ1) is 30.8. The van der Waals surface area contributed by atoms with Crippen LogP contribution in [0.4, 0.5) is 21.5 Å². The van der Waals surface area contributed by atoms with Gasteiger partial charge in [0.05, 0.1) is 16.3 Å². The van der Waals surface area contributed by atoms with Crippen molar-refractivity contribution in [3.8, 4) is 11.1 Å².